The van der Waals surface area contributed by atoms with Gasteiger partial charge in [-0.05, 0) is 24.6 Å². The Bertz CT molecular complexity index is 1120. The van der Waals surface area contributed by atoms with E-state index in [1.807, 2.05) is 6.92 Å². The minimum Gasteiger partial charge on any atom is -0.355 e. The van der Waals surface area contributed by atoms with E-state index in [4.69, 9.17) is 11.6 Å². The van der Waals surface area contributed by atoms with E-state index in [1.165, 1.54) is 18.3 Å². The molecule has 0 bridgehead atoms. The van der Waals surface area contributed by atoms with Crippen molar-refractivity contribution in [1.29, 1.82) is 0 Å². The van der Waals surface area contributed by atoms with Gasteiger partial charge in [0.25, 0.3) is 11.6 Å². The standard InChI is InChI=1S/C20H19ClN6O3/c1-12-8-9-13(27(29)30)10-16(12)24-20-23-11-15(21)18(25-20)26(3)17-7-5-4-6-14(17)19(28)22-2/h4-11H,1-3H3,(H,22,28)(H,23,24,25). The molecule has 10 heteroatoms. The molecule has 154 valence electrons. The highest BCUT2D eigenvalue weighted by molar-refractivity contribution is 6.33. The number of aromatic nitrogens is 2. The van der Waals surface area contributed by atoms with Gasteiger partial charge >= 0.3 is 0 Å². The molecule has 0 unspecified atom stereocenters. The van der Waals surface area contributed by atoms with E-state index in [2.05, 4.69) is 20.6 Å². The second-order valence-electron chi connectivity index (χ2n) is 6.40. The predicted molar refractivity (Wildman–Crippen MR) is 116 cm³/mol. The highest BCUT2D eigenvalue weighted by Gasteiger charge is 2.18. The van der Waals surface area contributed by atoms with Crippen LogP contribution in [0.4, 0.5) is 28.8 Å². The Balaban J connectivity index is 1.98. The Hall–Kier alpha value is -3.72. The summed E-state index contributed by atoms with van der Waals surface area (Å²) in [5.74, 6) is 0.337. The molecular formula is C20H19ClN6O3. The van der Waals surface area contributed by atoms with E-state index in [0.29, 0.717) is 22.8 Å². The van der Waals surface area contributed by atoms with Crippen molar-refractivity contribution in [2.45, 2.75) is 6.92 Å². The fraction of sp³-hybridized carbons (Fsp3) is 0.150. The summed E-state index contributed by atoms with van der Waals surface area (Å²) in [6, 6.07) is 11.5. The number of nitro benzene ring substituents is 1. The number of carbonyl (C=O) groups excluding carboxylic acids is 1. The van der Waals surface area contributed by atoms with Gasteiger partial charge in [-0.3, -0.25) is 14.9 Å². The van der Waals surface area contributed by atoms with Gasteiger partial charge in [-0.15, -0.1) is 0 Å². The van der Waals surface area contributed by atoms with E-state index in [0.717, 1.165) is 5.56 Å². The van der Waals surface area contributed by atoms with Gasteiger partial charge in [-0.2, -0.15) is 4.98 Å². The van der Waals surface area contributed by atoms with Gasteiger partial charge in [0.2, 0.25) is 5.95 Å². The molecule has 30 heavy (non-hydrogen) atoms. The van der Waals surface area contributed by atoms with Crippen LogP contribution in [-0.4, -0.2) is 34.9 Å². The molecule has 1 heterocycles. The number of halogens is 1. The first-order valence-electron chi connectivity index (χ1n) is 8.91. The third-order valence-corrected chi connectivity index (χ3v) is 4.73. The largest absolute Gasteiger partial charge is 0.355 e. The summed E-state index contributed by atoms with van der Waals surface area (Å²) in [4.78, 5) is 33.1. The number of nitro groups is 1. The molecule has 0 saturated heterocycles. The van der Waals surface area contributed by atoms with E-state index in [1.54, 1.807) is 49.3 Å². The Morgan fingerprint density at radius 1 is 1.23 bits per heavy atom. The van der Waals surface area contributed by atoms with E-state index in [9.17, 15) is 14.9 Å². The number of anilines is 4. The Labute approximate surface area is 177 Å². The second kappa shape index (κ2) is 8.75. The third-order valence-electron chi connectivity index (χ3n) is 4.46. The normalized spacial score (nSPS) is 10.4. The van der Waals surface area contributed by atoms with Crippen LogP contribution in [0, 0.1) is 17.0 Å². The number of nitrogens with zero attached hydrogens (tertiary/aromatic N) is 4. The van der Waals surface area contributed by atoms with Gasteiger partial charge in [-0.25, -0.2) is 4.98 Å². The number of rotatable bonds is 6. The number of carbonyl (C=O) groups is 1. The fourth-order valence-electron chi connectivity index (χ4n) is 2.84. The van der Waals surface area contributed by atoms with Crippen LogP contribution in [0.5, 0.6) is 0 Å². The smallest absolute Gasteiger partial charge is 0.271 e. The van der Waals surface area contributed by atoms with Crippen LogP contribution in [0.3, 0.4) is 0 Å². The van der Waals surface area contributed by atoms with E-state index in [-0.39, 0.29) is 22.6 Å². The number of hydrogen-bond donors (Lipinski definition) is 2. The number of benzene rings is 2. The summed E-state index contributed by atoms with van der Waals surface area (Å²) in [6.45, 7) is 1.81. The van der Waals surface area contributed by atoms with Crippen LogP contribution in [0.2, 0.25) is 5.02 Å². The number of non-ortho nitro benzene ring substituents is 1. The quantitative estimate of drug-likeness (QED) is 0.448. The average molecular weight is 427 g/mol. The van der Waals surface area contributed by atoms with Gasteiger partial charge in [0, 0.05) is 26.2 Å². The molecule has 3 rings (SSSR count). The predicted octanol–water partition coefficient (Wildman–Crippen LogP) is 4.22. The number of amides is 1. The van der Waals surface area contributed by atoms with Gasteiger partial charge in [0.15, 0.2) is 5.82 Å². The Kier molecular flexibility index (Phi) is 6.12. The van der Waals surface area contributed by atoms with Crippen LogP contribution >= 0.6 is 11.6 Å². The van der Waals surface area contributed by atoms with Gasteiger partial charge in [0.05, 0.1) is 28.1 Å². The summed E-state index contributed by atoms with van der Waals surface area (Å²) < 4.78 is 0. The molecule has 0 aliphatic rings. The first-order chi connectivity index (χ1) is 14.3. The Morgan fingerprint density at radius 3 is 2.67 bits per heavy atom. The van der Waals surface area contributed by atoms with Crippen LogP contribution in [-0.2, 0) is 0 Å². The topological polar surface area (TPSA) is 113 Å². The van der Waals surface area contributed by atoms with Crippen LogP contribution in [0.15, 0.2) is 48.7 Å². The minimum absolute atomic E-state index is 0.0473. The molecule has 1 amide bonds. The molecule has 2 N–H and O–H groups in total. The van der Waals surface area contributed by atoms with Crippen molar-refractivity contribution in [2.75, 3.05) is 24.3 Å². The molecule has 2 aromatic carbocycles. The molecular weight excluding hydrogens is 408 g/mol. The zero-order valence-electron chi connectivity index (χ0n) is 16.5. The first kappa shape index (κ1) is 21.0. The maximum Gasteiger partial charge on any atom is 0.271 e. The molecule has 0 atom stereocenters. The molecule has 0 spiro atoms. The highest BCUT2D eigenvalue weighted by Crippen LogP contribution is 2.32. The maximum atomic E-state index is 12.2. The van der Waals surface area contributed by atoms with Gasteiger partial charge < -0.3 is 15.5 Å². The lowest BCUT2D eigenvalue weighted by Gasteiger charge is -2.22. The first-order valence-corrected chi connectivity index (χ1v) is 9.29. The zero-order valence-corrected chi connectivity index (χ0v) is 17.3. The molecule has 0 saturated carbocycles. The zero-order chi connectivity index (χ0) is 21.8. The van der Waals surface area contributed by atoms with E-state index >= 15 is 0 Å². The minimum atomic E-state index is -0.470. The number of para-hydroxylation sites is 1. The number of nitrogens with one attached hydrogen (secondary N) is 2. The summed E-state index contributed by atoms with van der Waals surface area (Å²) >= 11 is 6.32. The van der Waals surface area contributed by atoms with Crippen molar-refractivity contribution in [2.24, 2.45) is 0 Å². The summed E-state index contributed by atoms with van der Waals surface area (Å²) in [6.07, 6.45) is 1.43. The van der Waals surface area contributed by atoms with Crippen LogP contribution in [0.1, 0.15) is 15.9 Å². The van der Waals surface area contributed by atoms with Gasteiger partial charge in [0.1, 0.15) is 5.02 Å². The molecule has 0 aliphatic carbocycles. The Morgan fingerprint density at radius 2 is 1.97 bits per heavy atom. The molecule has 0 radical (unpaired) electrons. The van der Waals surface area contributed by atoms with Crippen molar-refractivity contribution in [3.63, 3.8) is 0 Å². The lowest BCUT2D eigenvalue weighted by Crippen LogP contribution is -2.22. The van der Waals surface area contributed by atoms with Crippen molar-refractivity contribution in [3.05, 3.63) is 74.9 Å². The molecule has 0 fully saturated rings. The SMILES string of the molecule is CNC(=O)c1ccccc1N(C)c1nc(Nc2cc([N+](=O)[O-])ccc2C)ncc1Cl. The van der Waals surface area contributed by atoms with Crippen molar-refractivity contribution < 1.29 is 9.72 Å². The van der Waals surface area contributed by atoms with Crippen molar-refractivity contribution in [1.82, 2.24) is 15.3 Å². The van der Waals surface area contributed by atoms with Crippen LogP contribution < -0.4 is 15.5 Å². The maximum absolute atomic E-state index is 12.2. The highest BCUT2D eigenvalue weighted by atomic mass is 35.5. The monoisotopic (exact) mass is 426 g/mol. The lowest BCUT2D eigenvalue weighted by molar-refractivity contribution is -0.384. The number of hydrogen-bond acceptors (Lipinski definition) is 7. The molecule has 1 aromatic heterocycles. The van der Waals surface area contributed by atoms with Gasteiger partial charge in [-0.1, -0.05) is 29.8 Å². The molecule has 0 aliphatic heterocycles. The summed E-state index contributed by atoms with van der Waals surface area (Å²) in [5.41, 5.74) is 2.31. The van der Waals surface area contributed by atoms with Crippen molar-refractivity contribution >= 4 is 46.3 Å². The van der Waals surface area contributed by atoms with E-state index < -0.39 is 4.92 Å². The average Bonchev–Trinajstić information content (AvgIpc) is 2.75. The second-order valence-corrected chi connectivity index (χ2v) is 6.81. The third kappa shape index (κ3) is 4.31. The van der Waals surface area contributed by atoms with Crippen LogP contribution in [0.25, 0.3) is 0 Å². The summed E-state index contributed by atoms with van der Waals surface area (Å²) in [5, 5.41) is 17.0. The number of aryl methyl sites for hydroxylation is 1. The lowest BCUT2D eigenvalue weighted by atomic mass is 10.1. The molecule has 3 aromatic rings. The fourth-order valence-corrected chi connectivity index (χ4v) is 3.06. The summed E-state index contributed by atoms with van der Waals surface area (Å²) in [7, 11) is 3.29. The van der Waals surface area contributed by atoms with Crippen molar-refractivity contribution in [3.8, 4) is 0 Å². The molecule has 9 nitrogen and oxygen atoms in total.